The van der Waals surface area contributed by atoms with Crippen LogP contribution < -0.4 is 4.72 Å². The molecule has 22 heavy (non-hydrogen) atoms. The SMILES string of the molecule is CSNc1cccc(-c2cccc3[nH]c4ncccc4c23)c1. The van der Waals surface area contributed by atoms with Crippen LogP contribution in [0.15, 0.2) is 60.8 Å². The van der Waals surface area contributed by atoms with E-state index in [0.29, 0.717) is 0 Å². The van der Waals surface area contributed by atoms with Crippen LogP contribution in [0.3, 0.4) is 0 Å². The van der Waals surface area contributed by atoms with Gasteiger partial charge in [0, 0.05) is 34.4 Å². The summed E-state index contributed by atoms with van der Waals surface area (Å²) in [5.41, 5.74) is 5.59. The number of nitrogens with zero attached hydrogens (tertiary/aromatic N) is 1. The first-order valence-electron chi connectivity index (χ1n) is 7.11. The van der Waals surface area contributed by atoms with Gasteiger partial charge in [0.2, 0.25) is 0 Å². The summed E-state index contributed by atoms with van der Waals surface area (Å²) in [6.07, 6.45) is 3.85. The first kappa shape index (κ1) is 13.2. The number of pyridine rings is 1. The average molecular weight is 305 g/mol. The topological polar surface area (TPSA) is 40.7 Å². The monoisotopic (exact) mass is 305 g/mol. The first-order chi connectivity index (χ1) is 10.9. The lowest BCUT2D eigenvalue weighted by molar-refractivity contribution is 1.35. The van der Waals surface area contributed by atoms with Crippen LogP contribution in [0, 0.1) is 0 Å². The normalized spacial score (nSPS) is 11.1. The minimum absolute atomic E-state index is 0.934. The van der Waals surface area contributed by atoms with Crippen molar-refractivity contribution in [3.05, 3.63) is 60.8 Å². The van der Waals surface area contributed by atoms with Crippen LogP contribution in [-0.2, 0) is 0 Å². The first-order valence-corrected chi connectivity index (χ1v) is 8.34. The number of aromatic nitrogens is 2. The summed E-state index contributed by atoms with van der Waals surface area (Å²) in [6, 6.07) is 19.0. The number of hydrogen-bond donors (Lipinski definition) is 2. The Bertz CT molecular complexity index is 959. The third-order valence-electron chi connectivity index (χ3n) is 3.79. The Labute approximate surface area is 132 Å². The van der Waals surface area contributed by atoms with Crippen molar-refractivity contribution in [2.45, 2.75) is 0 Å². The Kier molecular flexibility index (Phi) is 3.24. The zero-order chi connectivity index (χ0) is 14.9. The van der Waals surface area contributed by atoms with Gasteiger partial charge >= 0.3 is 0 Å². The van der Waals surface area contributed by atoms with Gasteiger partial charge in [-0.05, 0) is 41.5 Å². The maximum Gasteiger partial charge on any atom is 0.138 e. The molecular weight excluding hydrogens is 290 g/mol. The Hall–Kier alpha value is -2.46. The molecule has 0 unspecified atom stereocenters. The maximum atomic E-state index is 4.43. The van der Waals surface area contributed by atoms with E-state index in [1.54, 1.807) is 11.9 Å². The smallest absolute Gasteiger partial charge is 0.138 e. The minimum atomic E-state index is 0.934. The Morgan fingerprint density at radius 3 is 2.86 bits per heavy atom. The number of hydrogen-bond acceptors (Lipinski definition) is 3. The molecule has 2 heterocycles. The van der Waals surface area contributed by atoms with E-state index < -0.39 is 0 Å². The van der Waals surface area contributed by atoms with Crippen molar-refractivity contribution < 1.29 is 0 Å². The van der Waals surface area contributed by atoms with Crippen LogP contribution in [0.5, 0.6) is 0 Å². The van der Waals surface area contributed by atoms with Gasteiger partial charge in [0.25, 0.3) is 0 Å². The van der Waals surface area contributed by atoms with Crippen LogP contribution in [0.25, 0.3) is 33.1 Å². The average Bonchev–Trinajstić information content (AvgIpc) is 2.94. The third kappa shape index (κ3) is 2.12. The molecule has 0 aliphatic carbocycles. The van der Waals surface area contributed by atoms with E-state index in [1.807, 2.05) is 18.5 Å². The van der Waals surface area contributed by atoms with E-state index in [1.165, 1.54) is 16.5 Å². The molecule has 3 nitrogen and oxygen atoms in total. The van der Waals surface area contributed by atoms with Crippen molar-refractivity contribution in [1.29, 1.82) is 0 Å². The molecule has 0 fully saturated rings. The predicted octanol–water partition coefficient (Wildman–Crippen LogP) is 5.07. The summed E-state index contributed by atoms with van der Waals surface area (Å²) >= 11 is 1.60. The molecule has 4 rings (SSSR count). The number of fused-ring (bicyclic) bond motifs is 3. The quantitative estimate of drug-likeness (QED) is 0.519. The van der Waals surface area contributed by atoms with E-state index in [2.05, 4.69) is 63.2 Å². The van der Waals surface area contributed by atoms with E-state index in [0.717, 1.165) is 22.2 Å². The van der Waals surface area contributed by atoms with Gasteiger partial charge in [0.05, 0.1) is 0 Å². The summed E-state index contributed by atoms with van der Waals surface area (Å²) in [6.45, 7) is 0. The van der Waals surface area contributed by atoms with Gasteiger partial charge in [-0.25, -0.2) is 4.98 Å². The molecule has 2 N–H and O–H groups in total. The van der Waals surface area contributed by atoms with Crippen LogP contribution in [0.2, 0.25) is 0 Å². The second kappa shape index (κ2) is 5.39. The standard InChI is InChI=1S/C18H15N3S/c1-22-21-13-6-2-5-12(11-13)14-7-3-9-16-17(14)15-8-4-10-19-18(15)20-16/h2-11,21H,1H3,(H,19,20). The largest absolute Gasteiger partial charge is 0.339 e. The van der Waals surface area contributed by atoms with Crippen molar-refractivity contribution in [2.24, 2.45) is 0 Å². The summed E-state index contributed by atoms with van der Waals surface area (Å²) < 4.78 is 3.29. The van der Waals surface area contributed by atoms with Crippen molar-refractivity contribution in [2.75, 3.05) is 11.0 Å². The molecule has 0 bridgehead atoms. The fourth-order valence-electron chi connectivity index (χ4n) is 2.89. The van der Waals surface area contributed by atoms with Gasteiger partial charge in [0.1, 0.15) is 5.65 Å². The zero-order valence-electron chi connectivity index (χ0n) is 12.1. The van der Waals surface area contributed by atoms with E-state index in [9.17, 15) is 0 Å². The van der Waals surface area contributed by atoms with Gasteiger partial charge in [-0.3, -0.25) is 0 Å². The highest BCUT2D eigenvalue weighted by atomic mass is 32.2. The number of aromatic amines is 1. The number of nitrogens with one attached hydrogen (secondary N) is 2. The lowest BCUT2D eigenvalue weighted by atomic mass is 9.99. The molecule has 0 radical (unpaired) electrons. The van der Waals surface area contributed by atoms with Gasteiger partial charge in [0.15, 0.2) is 0 Å². The van der Waals surface area contributed by atoms with Crippen molar-refractivity contribution in [1.82, 2.24) is 9.97 Å². The lowest BCUT2D eigenvalue weighted by Crippen LogP contribution is -1.86. The van der Waals surface area contributed by atoms with Crippen LogP contribution in [-0.4, -0.2) is 16.2 Å². The second-order valence-electron chi connectivity index (χ2n) is 5.14. The maximum absolute atomic E-state index is 4.43. The van der Waals surface area contributed by atoms with Gasteiger partial charge < -0.3 is 9.71 Å². The molecule has 0 aliphatic heterocycles. The molecule has 4 aromatic rings. The molecule has 2 aromatic carbocycles. The number of rotatable bonds is 3. The Morgan fingerprint density at radius 1 is 1.05 bits per heavy atom. The van der Waals surface area contributed by atoms with Gasteiger partial charge in [-0.15, -0.1) is 0 Å². The zero-order valence-corrected chi connectivity index (χ0v) is 12.9. The molecule has 0 spiro atoms. The minimum Gasteiger partial charge on any atom is -0.339 e. The van der Waals surface area contributed by atoms with E-state index in [-0.39, 0.29) is 0 Å². The number of H-pyrrole nitrogens is 1. The van der Waals surface area contributed by atoms with Crippen LogP contribution in [0.4, 0.5) is 5.69 Å². The highest BCUT2D eigenvalue weighted by molar-refractivity contribution is 7.99. The van der Waals surface area contributed by atoms with Crippen molar-refractivity contribution >= 4 is 39.6 Å². The van der Waals surface area contributed by atoms with E-state index >= 15 is 0 Å². The summed E-state index contributed by atoms with van der Waals surface area (Å²) in [5, 5.41) is 2.39. The molecule has 108 valence electrons. The molecule has 0 atom stereocenters. The third-order valence-corrected chi connectivity index (χ3v) is 4.23. The summed E-state index contributed by atoms with van der Waals surface area (Å²) in [5.74, 6) is 0. The Balaban J connectivity index is 2.00. The predicted molar refractivity (Wildman–Crippen MR) is 96.2 cm³/mol. The number of benzene rings is 2. The molecule has 0 aliphatic rings. The molecule has 2 aromatic heterocycles. The van der Waals surface area contributed by atoms with Gasteiger partial charge in [-0.2, -0.15) is 0 Å². The van der Waals surface area contributed by atoms with E-state index in [4.69, 9.17) is 0 Å². The van der Waals surface area contributed by atoms with Crippen LogP contribution in [0.1, 0.15) is 0 Å². The molecule has 0 saturated heterocycles. The Morgan fingerprint density at radius 2 is 1.95 bits per heavy atom. The number of anilines is 1. The molecule has 0 amide bonds. The molecule has 4 heteroatoms. The molecular formula is C18H15N3S. The van der Waals surface area contributed by atoms with Crippen molar-refractivity contribution in [3.8, 4) is 11.1 Å². The second-order valence-corrected chi connectivity index (χ2v) is 5.75. The summed E-state index contributed by atoms with van der Waals surface area (Å²) in [4.78, 5) is 7.83. The van der Waals surface area contributed by atoms with Crippen LogP contribution >= 0.6 is 11.9 Å². The highest BCUT2D eigenvalue weighted by Crippen LogP contribution is 2.34. The van der Waals surface area contributed by atoms with Gasteiger partial charge in [-0.1, -0.05) is 36.2 Å². The fraction of sp³-hybridized carbons (Fsp3) is 0.0556. The molecule has 0 saturated carbocycles. The highest BCUT2D eigenvalue weighted by Gasteiger charge is 2.10. The summed E-state index contributed by atoms with van der Waals surface area (Å²) in [7, 11) is 0. The van der Waals surface area contributed by atoms with Crippen molar-refractivity contribution in [3.63, 3.8) is 0 Å². The fourth-order valence-corrected chi connectivity index (χ4v) is 3.25. The lowest BCUT2D eigenvalue weighted by Gasteiger charge is -2.08.